The van der Waals surface area contributed by atoms with Gasteiger partial charge in [0.25, 0.3) is 0 Å². The fraction of sp³-hybridized carbons (Fsp3) is 0.333. The Morgan fingerprint density at radius 2 is 2.00 bits per heavy atom. The van der Waals surface area contributed by atoms with E-state index in [0.29, 0.717) is 18.4 Å². The van der Waals surface area contributed by atoms with Gasteiger partial charge < -0.3 is 10.5 Å². The monoisotopic (exact) mass is 345 g/mol. The normalized spacial score (nSPS) is 21.9. The maximum atomic E-state index is 6.53. The molecule has 3 atom stereocenters. The molecular formula is C18H20BrNO. The van der Waals surface area contributed by atoms with Crippen molar-refractivity contribution in [2.24, 2.45) is 11.7 Å². The van der Waals surface area contributed by atoms with Crippen LogP contribution in [-0.4, -0.2) is 6.61 Å². The lowest BCUT2D eigenvalue weighted by Crippen LogP contribution is -2.15. The van der Waals surface area contributed by atoms with Crippen molar-refractivity contribution in [3.63, 3.8) is 0 Å². The second kappa shape index (κ2) is 6.20. The van der Waals surface area contributed by atoms with E-state index < -0.39 is 0 Å². The molecule has 0 saturated heterocycles. The highest BCUT2D eigenvalue weighted by molar-refractivity contribution is 9.10. The third-order valence-corrected chi connectivity index (χ3v) is 4.65. The minimum absolute atomic E-state index is 0.0225. The first kappa shape index (κ1) is 14.6. The van der Waals surface area contributed by atoms with Crippen LogP contribution in [0.25, 0.3) is 0 Å². The van der Waals surface area contributed by atoms with Crippen LogP contribution in [0.1, 0.15) is 36.4 Å². The Morgan fingerprint density at radius 3 is 2.71 bits per heavy atom. The molecule has 0 aromatic heterocycles. The Bertz CT molecular complexity index is 614. The number of nitrogens with two attached hydrogens (primary N) is 1. The largest absolute Gasteiger partial charge is 0.494 e. The molecule has 2 N–H and O–H groups in total. The summed E-state index contributed by atoms with van der Waals surface area (Å²) >= 11 is 3.53. The van der Waals surface area contributed by atoms with Gasteiger partial charge in [0.05, 0.1) is 6.61 Å². The quantitative estimate of drug-likeness (QED) is 0.855. The average molecular weight is 346 g/mol. The van der Waals surface area contributed by atoms with Gasteiger partial charge in [-0.1, -0.05) is 46.3 Å². The Balaban J connectivity index is 1.80. The Morgan fingerprint density at radius 1 is 1.24 bits per heavy atom. The molecule has 0 spiro atoms. The third-order valence-electron chi connectivity index (χ3n) is 4.16. The molecule has 0 bridgehead atoms. The Kier molecular flexibility index (Phi) is 4.32. The van der Waals surface area contributed by atoms with Crippen LogP contribution in [0.2, 0.25) is 0 Å². The van der Waals surface area contributed by atoms with Crippen LogP contribution in [0.4, 0.5) is 0 Å². The first-order valence-electron chi connectivity index (χ1n) is 7.43. The zero-order valence-electron chi connectivity index (χ0n) is 12.1. The lowest BCUT2D eigenvalue weighted by atomic mass is 9.99. The number of ether oxygens (including phenoxy) is 1. The standard InChI is InChI=1S/C18H20BrNO/c1-2-21-17-9-8-13(19)10-16(17)18(20)15-11-14(15)12-6-4-3-5-7-12/h3-10,14-15,18H,2,11,20H2,1H3. The van der Waals surface area contributed by atoms with Crippen molar-refractivity contribution in [3.05, 3.63) is 64.1 Å². The van der Waals surface area contributed by atoms with Crippen LogP contribution in [0.15, 0.2) is 53.0 Å². The van der Waals surface area contributed by atoms with Crippen molar-refractivity contribution in [2.75, 3.05) is 6.61 Å². The maximum absolute atomic E-state index is 6.53. The molecule has 0 heterocycles. The lowest BCUT2D eigenvalue weighted by molar-refractivity contribution is 0.332. The van der Waals surface area contributed by atoms with Gasteiger partial charge in [0.15, 0.2) is 0 Å². The minimum atomic E-state index is 0.0225. The van der Waals surface area contributed by atoms with E-state index in [2.05, 4.69) is 52.3 Å². The molecule has 0 radical (unpaired) electrons. The zero-order chi connectivity index (χ0) is 14.8. The van der Waals surface area contributed by atoms with Crippen LogP contribution in [0, 0.1) is 5.92 Å². The predicted molar refractivity (Wildman–Crippen MR) is 89.5 cm³/mol. The molecule has 2 aromatic carbocycles. The highest BCUT2D eigenvalue weighted by Crippen LogP contribution is 2.54. The summed E-state index contributed by atoms with van der Waals surface area (Å²) in [7, 11) is 0. The second-order valence-corrected chi connectivity index (χ2v) is 6.47. The number of benzene rings is 2. The number of hydrogen-bond acceptors (Lipinski definition) is 2. The molecule has 3 unspecified atom stereocenters. The minimum Gasteiger partial charge on any atom is -0.494 e. The van der Waals surface area contributed by atoms with E-state index in [1.807, 2.05) is 19.1 Å². The number of hydrogen-bond donors (Lipinski definition) is 1. The molecule has 1 saturated carbocycles. The van der Waals surface area contributed by atoms with Gasteiger partial charge in [-0.15, -0.1) is 0 Å². The van der Waals surface area contributed by atoms with Crippen LogP contribution in [0.3, 0.4) is 0 Å². The maximum Gasteiger partial charge on any atom is 0.124 e. The van der Waals surface area contributed by atoms with Gasteiger partial charge in [-0.05, 0) is 48.9 Å². The van der Waals surface area contributed by atoms with Gasteiger partial charge in [-0.3, -0.25) is 0 Å². The highest BCUT2D eigenvalue weighted by atomic mass is 79.9. The van der Waals surface area contributed by atoms with Crippen LogP contribution < -0.4 is 10.5 Å². The summed E-state index contributed by atoms with van der Waals surface area (Å²) in [6.45, 7) is 2.66. The van der Waals surface area contributed by atoms with Crippen molar-refractivity contribution in [1.82, 2.24) is 0 Å². The van der Waals surface area contributed by atoms with Gasteiger partial charge in [0.2, 0.25) is 0 Å². The molecular weight excluding hydrogens is 326 g/mol. The summed E-state index contributed by atoms with van der Waals surface area (Å²) in [6, 6.07) is 16.8. The SMILES string of the molecule is CCOc1ccc(Br)cc1C(N)C1CC1c1ccccc1. The summed E-state index contributed by atoms with van der Waals surface area (Å²) in [4.78, 5) is 0. The van der Waals surface area contributed by atoms with E-state index in [4.69, 9.17) is 10.5 Å². The number of rotatable bonds is 5. The number of halogens is 1. The molecule has 21 heavy (non-hydrogen) atoms. The van der Waals surface area contributed by atoms with E-state index >= 15 is 0 Å². The Labute approximate surface area is 134 Å². The molecule has 0 amide bonds. The van der Waals surface area contributed by atoms with Gasteiger partial charge in [-0.25, -0.2) is 0 Å². The molecule has 1 aliphatic carbocycles. The van der Waals surface area contributed by atoms with E-state index in [-0.39, 0.29) is 6.04 Å². The first-order chi connectivity index (χ1) is 10.2. The molecule has 1 aliphatic rings. The predicted octanol–water partition coefficient (Wildman–Crippen LogP) is 4.65. The summed E-state index contributed by atoms with van der Waals surface area (Å²) in [5, 5.41) is 0. The molecule has 1 fully saturated rings. The van der Waals surface area contributed by atoms with Crippen molar-refractivity contribution < 1.29 is 4.74 Å². The van der Waals surface area contributed by atoms with Crippen LogP contribution >= 0.6 is 15.9 Å². The first-order valence-corrected chi connectivity index (χ1v) is 8.22. The summed E-state index contributed by atoms with van der Waals surface area (Å²) in [6.07, 6.45) is 1.16. The molecule has 3 heteroatoms. The zero-order valence-corrected chi connectivity index (χ0v) is 13.7. The smallest absolute Gasteiger partial charge is 0.124 e. The van der Waals surface area contributed by atoms with E-state index in [1.165, 1.54) is 5.56 Å². The molecule has 2 nitrogen and oxygen atoms in total. The summed E-state index contributed by atoms with van der Waals surface area (Å²) < 4.78 is 6.78. The van der Waals surface area contributed by atoms with Crippen LogP contribution in [0.5, 0.6) is 5.75 Å². The average Bonchev–Trinajstić information content (AvgIpc) is 3.30. The van der Waals surface area contributed by atoms with Gasteiger partial charge in [-0.2, -0.15) is 0 Å². The van der Waals surface area contributed by atoms with Gasteiger partial charge >= 0.3 is 0 Å². The summed E-state index contributed by atoms with van der Waals surface area (Å²) in [5.74, 6) is 1.99. The fourth-order valence-corrected chi connectivity index (χ4v) is 3.37. The van der Waals surface area contributed by atoms with Crippen LogP contribution in [-0.2, 0) is 0 Å². The molecule has 110 valence electrons. The molecule has 3 rings (SSSR count). The van der Waals surface area contributed by atoms with Crippen molar-refractivity contribution in [2.45, 2.75) is 25.3 Å². The van der Waals surface area contributed by atoms with Crippen molar-refractivity contribution >= 4 is 15.9 Å². The van der Waals surface area contributed by atoms with Gasteiger partial charge in [0, 0.05) is 16.1 Å². The summed E-state index contributed by atoms with van der Waals surface area (Å²) in [5.41, 5.74) is 9.03. The molecule has 2 aromatic rings. The highest BCUT2D eigenvalue weighted by Gasteiger charge is 2.43. The van der Waals surface area contributed by atoms with Crippen molar-refractivity contribution in [1.29, 1.82) is 0 Å². The molecule has 0 aliphatic heterocycles. The second-order valence-electron chi connectivity index (χ2n) is 5.56. The third kappa shape index (κ3) is 3.14. The van der Waals surface area contributed by atoms with E-state index in [1.54, 1.807) is 0 Å². The fourth-order valence-electron chi connectivity index (χ4n) is 2.99. The van der Waals surface area contributed by atoms with E-state index in [0.717, 1.165) is 22.2 Å². The Hall–Kier alpha value is -1.32. The van der Waals surface area contributed by atoms with Gasteiger partial charge in [0.1, 0.15) is 5.75 Å². The lowest BCUT2D eigenvalue weighted by Gasteiger charge is -2.17. The van der Waals surface area contributed by atoms with Crippen molar-refractivity contribution in [3.8, 4) is 5.75 Å². The van der Waals surface area contributed by atoms with E-state index in [9.17, 15) is 0 Å². The topological polar surface area (TPSA) is 35.2 Å².